The van der Waals surface area contributed by atoms with Crippen LogP contribution in [-0.2, 0) is 16.1 Å². The molecule has 0 aliphatic carbocycles. The van der Waals surface area contributed by atoms with Gasteiger partial charge in [-0.05, 0) is 31.5 Å². The van der Waals surface area contributed by atoms with Crippen LogP contribution in [0.3, 0.4) is 0 Å². The van der Waals surface area contributed by atoms with Crippen LogP contribution in [0.1, 0.15) is 25.3 Å². The summed E-state index contributed by atoms with van der Waals surface area (Å²) in [6.07, 6.45) is 2.98. The Balaban J connectivity index is 1.63. The Kier molecular flexibility index (Phi) is 5.28. The van der Waals surface area contributed by atoms with E-state index in [2.05, 4.69) is 10.3 Å². The fraction of sp³-hybridized carbons (Fsp3) is 0.316. The van der Waals surface area contributed by atoms with E-state index in [0.29, 0.717) is 31.1 Å². The Morgan fingerprint density at radius 1 is 1.28 bits per heavy atom. The van der Waals surface area contributed by atoms with Crippen molar-refractivity contribution in [1.82, 2.24) is 15.2 Å². The number of ether oxygens (including phenoxy) is 1. The number of para-hydroxylation sites is 1. The Hall–Kier alpha value is -2.89. The van der Waals surface area contributed by atoms with Crippen molar-refractivity contribution in [3.8, 4) is 11.6 Å². The van der Waals surface area contributed by atoms with Crippen LogP contribution in [0.4, 0.5) is 0 Å². The lowest BCUT2D eigenvalue weighted by atomic mass is 10.2. The molecular formula is C19H21N3O3. The van der Waals surface area contributed by atoms with Gasteiger partial charge in [-0.15, -0.1) is 0 Å². The number of hydrogen-bond acceptors (Lipinski definition) is 4. The van der Waals surface area contributed by atoms with Gasteiger partial charge in [-0.1, -0.05) is 24.3 Å². The predicted molar refractivity (Wildman–Crippen MR) is 93.0 cm³/mol. The third-order valence-corrected chi connectivity index (χ3v) is 4.22. The number of nitrogens with one attached hydrogen (secondary N) is 1. The fourth-order valence-electron chi connectivity index (χ4n) is 2.80. The van der Waals surface area contributed by atoms with E-state index in [0.717, 1.165) is 12.0 Å². The lowest BCUT2D eigenvalue weighted by Gasteiger charge is -2.23. The number of nitrogens with zero attached hydrogens (tertiary/aromatic N) is 2. The highest BCUT2D eigenvalue weighted by Crippen LogP contribution is 2.22. The van der Waals surface area contributed by atoms with Crippen molar-refractivity contribution in [2.24, 2.45) is 0 Å². The monoisotopic (exact) mass is 339 g/mol. The van der Waals surface area contributed by atoms with Crippen molar-refractivity contribution >= 4 is 11.8 Å². The molecule has 1 aliphatic heterocycles. The molecule has 1 fully saturated rings. The van der Waals surface area contributed by atoms with Crippen LogP contribution in [0.2, 0.25) is 0 Å². The molecule has 0 spiro atoms. The third-order valence-electron chi connectivity index (χ3n) is 4.22. The summed E-state index contributed by atoms with van der Waals surface area (Å²) in [6, 6.07) is 12.6. The third kappa shape index (κ3) is 4.15. The average Bonchev–Trinajstić information content (AvgIpc) is 3.07. The van der Waals surface area contributed by atoms with E-state index in [1.165, 1.54) is 0 Å². The van der Waals surface area contributed by atoms with Crippen LogP contribution in [0.25, 0.3) is 0 Å². The molecule has 130 valence electrons. The summed E-state index contributed by atoms with van der Waals surface area (Å²) in [6.45, 7) is 2.69. The van der Waals surface area contributed by atoms with Crippen molar-refractivity contribution in [3.05, 3.63) is 54.2 Å². The predicted octanol–water partition coefficient (Wildman–Crippen LogP) is 2.50. The van der Waals surface area contributed by atoms with E-state index in [1.807, 2.05) is 36.4 Å². The molecule has 1 saturated heterocycles. The average molecular weight is 339 g/mol. The lowest BCUT2D eigenvalue weighted by molar-refractivity contribution is -0.136. The molecule has 0 saturated carbocycles. The largest absolute Gasteiger partial charge is 0.439 e. The van der Waals surface area contributed by atoms with Gasteiger partial charge in [-0.3, -0.25) is 9.59 Å². The van der Waals surface area contributed by atoms with Crippen molar-refractivity contribution in [1.29, 1.82) is 0 Å². The van der Waals surface area contributed by atoms with Gasteiger partial charge in [0.2, 0.25) is 17.7 Å². The van der Waals surface area contributed by atoms with E-state index in [9.17, 15) is 9.59 Å². The van der Waals surface area contributed by atoms with Gasteiger partial charge in [0.25, 0.3) is 0 Å². The summed E-state index contributed by atoms with van der Waals surface area (Å²) in [5.74, 6) is 1.01. The summed E-state index contributed by atoms with van der Waals surface area (Å²) >= 11 is 0. The number of pyridine rings is 1. The maximum absolute atomic E-state index is 12.4. The zero-order chi connectivity index (χ0) is 17.6. The highest BCUT2D eigenvalue weighted by Gasteiger charge is 2.29. The van der Waals surface area contributed by atoms with Crippen LogP contribution in [0, 0.1) is 0 Å². The molecular weight excluding hydrogens is 318 g/mol. The molecule has 1 aliphatic rings. The molecule has 0 radical (unpaired) electrons. The van der Waals surface area contributed by atoms with Crippen LogP contribution in [0.15, 0.2) is 48.7 Å². The van der Waals surface area contributed by atoms with E-state index in [1.54, 1.807) is 24.1 Å². The van der Waals surface area contributed by atoms with Gasteiger partial charge in [-0.25, -0.2) is 4.98 Å². The minimum Gasteiger partial charge on any atom is -0.439 e. The van der Waals surface area contributed by atoms with Crippen LogP contribution >= 0.6 is 0 Å². The molecule has 0 bridgehead atoms. The van der Waals surface area contributed by atoms with Crippen molar-refractivity contribution in [3.63, 3.8) is 0 Å². The van der Waals surface area contributed by atoms with E-state index >= 15 is 0 Å². The lowest BCUT2D eigenvalue weighted by Crippen LogP contribution is -2.45. The first-order valence-corrected chi connectivity index (χ1v) is 8.39. The molecule has 3 rings (SSSR count). The number of likely N-dealkylation sites (tertiary alicyclic amines) is 1. The van der Waals surface area contributed by atoms with Crippen LogP contribution in [-0.4, -0.2) is 34.3 Å². The first-order chi connectivity index (χ1) is 12.1. The molecule has 6 heteroatoms. The molecule has 1 aromatic heterocycles. The standard InChI is InChI=1S/C19H21N3O3/c1-14(22-12-6-10-17(22)23)18(24)21-13-15-7-5-11-20-19(15)25-16-8-3-2-4-9-16/h2-5,7-9,11,14H,6,10,12-13H2,1H3,(H,21,24)/t14-/m1/s1. The Bertz CT molecular complexity index is 749. The number of aromatic nitrogens is 1. The molecule has 2 heterocycles. The first kappa shape index (κ1) is 17.0. The Labute approximate surface area is 146 Å². The number of benzene rings is 1. The van der Waals surface area contributed by atoms with E-state index in [4.69, 9.17) is 4.74 Å². The summed E-state index contributed by atoms with van der Waals surface area (Å²) < 4.78 is 5.79. The first-order valence-electron chi connectivity index (χ1n) is 8.39. The van der Waals surface area contributed by atoms with Crippen LogP contribution in [0.5, 0.6) is 11.6 Å². The Morgan fingerprint density at radius 2 is 2.08 bits per heavy atom. The van der Waals surface area contributed by atoms with Gasteiger partial charge in [0.05, 0.1) is 0 Å². The second kappa shape index (κ2) is 7.79. The number of carbonyl (C=O) groups excluding carboxylic acids is 2. The number of hydrogen-bond donors (Lipinski definition) is 1. The van der Waals surface area contributed by atoms with Gasteiger partial charge in [-0.2, -0.15) is 0 Å². The van der Waals surface area contributed by atoms with Gasteiger partial charge in [0.15, 0.2) is 0 Å². The van der Waals surface area contributed by atoms with Crippen molar-refractivity contribution < 1.29 is 14.3 Å². The molecule has 2 aromatic rings. The summed E-state index contributed by atoms with van der Waals surface area (Å²) in [4.78, 5) is 30.0. The van der Waals surface area contributed by atoms with Gasteiger partial charge < -0.3 is 15.0 Å². The number of rotatable bonds is 6. The topological polar surface area (TPSA) is 71.5 Å². The zero-order valence-electron chi connectivity index (χ0n) is 14.1. The fourth-order valence-corrected chi connectivity index (χ4v) is 2.80. The SMILES string of the molecule is C[C@H](C(=O)NCc1cccnc1Oc1ccccc1)N1CCCC1=O. The number of carbonyl (C=O) groups is 2. The Morgan fingerprint density at radius 3 is 2.80 bits per heavy atom. The maximum atomic E-state index is 12.4. The zero-order valence-corrected chi connectivity index (χ0v) is 14.1. The van der Waals surface area contributed by atoms with Gasteiger partial charge in [0.1, 0.15) is 11.8 Å². The highest BCUT2D eigenvalue weighted by atomic mass is 16.5. The number of amides is 2. The minimum absolute atomic E-state index is 0.0390. The highest BCUT2D eigenvalue weighted by molar-refractivity contribution is 5.88. The van der Waals surface area contributed by atoms with Gasteiger partial charge in [0, 0.05) is 31.3 Å². The second-order valence-electron chi connectivity index (χ2n) is 5.97. The second-order valence-corrected chi connectivity index (χ2v) is 5.97. The molecule has 6 nitrogen and oxygen atoms in total. The van der Waals surface area contributed by atoms with E-state index in [-0.39, 0.29) is 11.8 Å². The molecule has 1 atom stereocenters. The molecule has 1 aromatic carbocycles. The molecule has 0 unspecified atom stereocenters. The summed E-state index contributed by atoms with van der Waals surface area (Å²) in [5, 5.41) is 2.87. The van der Waals surface area contributed by atoms with E-state index < -0.39 is 6.04 Å². The summed E-state index contributed by atoms with van der Waals surface area (Å²) in [5.41, 5.74) is 0.777. The molecule has 1 N–H and O–H groups in total. The van der Waals surface area contributed by atoms with Gasteiger partial charge >= 0.3 is 0 Å². The van der Waals surface area contributed by atoms with Crippen molar-refractivity contribution in [2.75, 3.05) is 6.54 Å². The maximum Gasteiger partial charge on any atom is 0.242 e. The normalized spacial score (nSPS) is 15.1. The summed E-state index contributed by atoms with van der Waals surface area (Å²) in [7, 11) is 0. The minimum atomic E-state index is -0.467. The van der Waals surface area contributed by atoms with Crippen LogP contribution < -0.4 is 10.1 Å². The molecule has 25 heavy (non-hydrogen) atoms. The quantitative estimate of drug-likeness (QED) is 0.878. The smallest absolute Gasteiger partial charge is 0.242 e. The van der Waals surface area contributed by atoms with Crippen molar-refractivity contribution in [2.45, 2.75) is 32.4 Å². The molecule has 2 amide bonds.